The first-order valence-corrected chi connectivity index (χ1v) is 7.60. The molecule has 3 nitrogen and oxygen atoms in total. The maximum absolute atomic E-state index is 13.5. The Balaban J connectivity index is 1.77. The van der Waals surface area contributed by atoms with Gasteiger partial charge in [-0.15, -0.1) is 0 Å². The van der Waals surface area contributed by atoms with Crippen LogP contribution in [0.3, 0.4) is 0 Å². The number of hydrogen-bond acceptors (Lipinski definition) is 1. The molecule has 0 unspecified atom stereocenters. The third-order valence-corrected chi connectivity index (χ3v) is 3.87. The molecular weight excluding hydrogens is 272 g/mol. The number of rotatable bonds is 4. The molecule has 1 saturated carbocycles. The maximum Gasteiger partial charge on any atom is 0.191 e. The summed E-state index contributed by atoms with van der Waals surface area (Å²) in [6.07, 6.45) is 6.68. The van der Waals surface area contributed by atoms with E-state index in [9.17, 15) is 8.78 Å². The zero-order chi connectivity index (χ0) is 15.1. The normalized spacial score (nSPS) is 16.8. The van der Waals surface area contributed by atoms with Crippen LogP contribution < -0.4 is 10.6 Å². The number of guanidine groups is 1. The van der Waals surface area contributed by atoms with Crippen LogP contribution in [0.5, 0.6) is 0 Å². The molecule has 0 spiro atoms. The lowest BCUT2D eigenvalue weighted by Gasteiger charge is -2.24. The summed E-state index contributed by atoms with van der Waals surface area (Å²) in [5, 5.41) is 6.59. The van der Waals surface area contributed by atoms with E-state index >= 15 is 0 Å². The van der Waals surface area contributed by atoms with Crippen molar-refractivity contribution in [2.75, 3.05) is 13.6 Å². The van der Waals surface area contributed by atoms with E-state index in [2.05, 4.69) is 15.6 Å². The van der Waals surface area contributed by atoms with Crippen LogP contribution in [-0.4, -0.2) is 25.6 Å². The van der Waals surface area contributed by atoms with Gasteiger partial charge in [-0.05, 0) is 30.9 Å². The molecule has 5 heteroatoms. The number of nitrogens with one attached hydrogen (secondary N) is 2. The average molecular weight is 295 g/mol. The van der Waals surface area contributed by atoms with Crippen molar-refractivity contribution in [3.05, 3.63) is 35.4 Å². The topological polar surface area (TPSA) is 36.4 Å². The molecule has 116 valence electrons. The number of aliphatic imine (C=N–C) groups is 1. The van der Waals surface area contributed by atoms with Gasteiger partial charge in [0, 0.05) is 25.7 Å². The van der Waals surface area contributed by atoms with Gasteiger partial charge in [0.05, 0.1) is 0 Å². The van der Waals surface area contributed by atoms with E-state index in [1.165, 1.54) is 44.2 Å². The SMILES string of the molecule is CN=C(NCCc1ccc(F)cc1F)NC1CCCCC1. The lowest BCUT2D eigenvalue weighted by atomic mass is 9.96. The Hall–Kier alpha value is -1.65. The number of hydrogen-bond donors (Lipinski definition) is 2. The predicted octanol–water partition coefficient (Wildman–Crippen LogP) is 3.01. The smallest absolute Gasteiger partial charge is 0.191 e. The molecule has 0 heterocycles. The number of benzene rings is 1. The summed E-state index contributed by atoms with van der Waals surface area (Å²) in [6.45, 7) is 0.564. The van der Waals surface area contributed by atoms with Crippen molar-refractivity contribution in [2.24, 2.45) is 4.99 Å². The molecule has 0 saturated heterocycles. The Morgan fingerprint density at radius 1 is 1.24 bits per heavy atom. The highest BCUT2D eigenvalue weighted by Gasteiger charge is 2.14. The maximum atomic E-state index is 13.5. The second kappa shape index (κ2) is 7.96. The Morgan fingerprint density at radius 2 is 2.00 bits per heavy atom. The molecular formula is C16H23F2N3. The average Bonchev–Trinajstić information content (AvgIpc) is 2.49. The quantitative estimate of drug-likeness (QED) is 0.662. The molecule has 1 aromatic rings. The van der Waals surface area contributed by atoms with Crippen LogP contribution >= 0.6 is 0 Å². The molecule has 0 bridgehead atoms. The number of halogens is 2. The van der Waals surface area contributed by atoms with Crippen molar-refractivity contribution in [3.63, 3.8) is 0 Å². The van der Waals surface area contributed by atoms with E-state index in [1.54, 1.807) is 7.05 Å². The summed E-state index contributed by atoms with van der Waals surface area (Å²) in [5.41, 5.74) is 0.511. The van der Waals surface area contributed by atoms with Gasteiger partial charge in [0.2, 0.25) is 0 Å². The van der Waals surface area contributed by atoms with Crippen molar-refractivity contribution in [2.45, 2.75) is 44.6 Å². The Kier molecular flexibility index (Phi) is 5.96. The van der Waals surface area contributed by atoms with Gasteiger partial charge in [0.15, 0.2) is 5.96 Å². The number of nitrogens with zero attached hydrogens (tertiary/aromatic N) is 1. The molecule has 1 fully saturated rings. The first-order chi connectivity index (χ1) is 10.2. The Bertz CT molecular complexity index is 482. The largest absolute Gasteiger partial charge is 0.356 e. The third kappa shape index (κ3) is 4.99. The summed E-state index contributed by atoms with van der Waals surface area (Å²) in [6, 6.07) is 4.18. The van der Waals surface area contributed by atoms with Crippen molar-refractivity contribution in [1.29, 1.82) is 0 Å². The summed E-state index contributed by atoms with van der Waals surface area (Å²) >= 11 is 0. The minimum atomic E-state index is -0.543. The standard InChI is InChI=1S/C16H23F2N3/c1-19-16(21-14-5-3-2-4-6-14)20-10-9-12-7-8-13(17)11-15(12)18/h7-8,11,14H,2-6,9-10H2,1H3,(H2,19,20,21). The first-order valence-electron chi connectivity index (χ1n) is 7.60. The van der Waals surface area contributed by atoms with Crippen LogP contribution in [0.15, 0.2) is 23.2 Å². The zero-order valence-electron chi connectivity index (χ0n) is 12.5. The summed E-state index contributed by atoms with van der Waals surface area (Å²) in [7, 11) is 1.73. The molecule has 0 amide bonds. The van der Waals surface area contributed by atoms with Crippen LogP contribution in [0.2, 0.25) is 0 Å². The van der Waals surface area contributed by atoms with Crippen LogP contribution in [-0.2, 0) is 6.42 Å². The van der Waals surface area contributed by atoms with E-state index in [-0.39, 0.29) is 0 Å². The van der Waals surface area contributed by atoms with Crippen molar-refractivity contribution in [3.8, 4) is 0 Å². The second-order valence-corrected chi connectivity index (χ2v) is 5.46. The van der Waals surface area contributed by atoms with Crippen molar-refractivity contribution < 1.29 is 8.78 Å². The summed E-state index contributed by atoms with van der Waals surface area (Å²) in [4.78, 5) is 4.19. The lowest BCUT2D eigenvalue weighted by Crippen LogP contribution is -2.44. The fourth-order valence-electron chi connectivity index (χ4n) is 2.67. The van der Waals surface area contributed by atoms with Gasteiger partial charge < -0.3 is 10.6 Å². The fourth-order valence-corrected chi connectivity index (χ4v) is 2.67. The van der Waals surface area contributed by atoms with E-state index < -0.39 is 11.6 Å². The van der Waals surface area contributed by atoms with E-state index in [4.69, 9.17) is 0 Å². The van der Waals surface area contributed by atoms with E-state index in [0.29, 0.717) is 24.6 Å². The summed E-state index contributed by atoms with van der Waals surface area (Å²) in [5.74, 6) is -0.282. The highest BCUT2D eigenvalue weighted by molar-refractivity contribution is 5.79. The molecule has 21 heavy (non-hydrogen) atoms. The van der Waals surface area contributed by atoms with Gasteiger partial charge in [0.1, 0.15) is 11.6 Å². The molecule has 0 radical (unpaired) electrons. The zero-order valence-corrected chi connectivity index (χ0v) is 12.5. The Labute approximate surface area is 124 Å². The highest BCUT2D eigenvalue weighted by atomic mass is 19.1. The van der Waals surface area contributed by atoms with Crippen molar-refractivity contribution >= 4 is 5.96 Å². The van der Waals surface area contributed by atoms with Gasteiger partial charge >= 0.3 is 0 Å². The fraction of sp³-hybridized carbons (Fsp3) is 0.562. The van der Waals surface area contributed by atoms with Gasteiger partial charge in [-0.2, -0.15) is 0 Å². The monoisotopic (exact) mass is 295 g/mol. The predicted molar refractivity (Wildman–Crippen MR) is 81.4 cm³/mol. The molecule has 1 aromatic carbocycles. The van der Waals surface area contributed by atoms with Gasteiger partial charge in [-0.3, -0.25) is 4.99 Å². The van der Waals surface area contributed by atoms with Gasteiger partial charge in [-0.25, -0.2) is 8.78 Å². The van der Waals surface area contributed by atoms with Crippen LogP contribution in [0, 0.1) is 11.6 Å². The van der Waals surface area contributed by atoms with Crippen LogP contribution in [0.4, 0.5) is 8.78 Å². The molecule has 1 aliphatic rings. The van der Waals surface area contributed by atoms with Crippen molar-refractivity contribution in [1.82, 2.24) is 10.6 Å². The molecule has 1 aliphatic carbocycles. The highest BCUT2D eigenvalue weighted by Crippen LogP contribution is 2.17. The van der Waals surface area contributed by atoms with Gasteiger partial charge in [-0.1, -0.05) is 25.3 Å². The lowest BCUT2D eigenvalue weighted by molar-refractivity contribution is 0.410. The second-order valence-electron chi connectivity index (χ2n) is 5.46. The minimum Gasteiger partial charge on any atom is -0.356 e. The molecule has 0 aromatic heterocycles. The molecule has 0 atom stereocenters. The van der Waals surface area contributed by atoms with E-state index in [0.717, 1.165) is 12.0 Å². The van der Waals surface area contributed by atoms with Crippen LogP contribution in [0.1, 0.15) is 37.7 Å². The first kappa shape index (κ1) is 15.7. The summed E-state index contributed by atoms with van der Waals surface area (Å²) < 4.78 is 26.3. The molecule has 2 N–H and O–H groups in total. The third-order valence-electron chi connectivity index (χ3n) is 3.87. The molecule has 0 aliphatic heterocycles. The van der Waals surface area contributed by atoms with Crippen LogP contribution in [0.25, 0.3) is 0 Å². The minimum absolute atomic E-state index is 0.479. The Morgan fingerprint density at radius 3 is 2.67 bits per heavy atom. The van der Waals surface area contributed by atoms with E-state index in [1.807, 2.05) is 0 Å². The van der Waals surface area contributed by atoms with Gasteiger partial charge in [0.25, 0.3) is 0 Å². The molecule has 2 rings (SSSR count).